The van der Waals surface area contributed by atoms with Crippen LogP contribution in [0.5, 0.6) is 0 Å². The first-order valence-electron chi connectivity index (χ1n) is 11.7. The van der Waals surface area contributed by atoms with Crippen LogP contribution in [0.2, 0.25) is 0 Å². The maximum atomic E-state index is 12.0. The highest BCUT2D eigenvalue weighted by Crippen LogP contribution is 2.73. The highest BCUT2D eigenvalue weighted by atomic mass is 16.5. The van der Waals surface area contributed by atoms with Crippen LogP contribution in [0, 0.1) is 34.0 Å². The number of aliphatic hydroxyl groups excluding tert-OH is 1. The average Bonchev–Trinajstić information content (AvgIpc) is 2.67. The molecule has 0 aromatic heterocycles. The largest absolute Gasteiger partial charge is 0.457 e. The van der Waals surface area contributed by atoms with E-state index in [9.17, 15) is 14.7 Å². The fraction of sp³-hybridized carbons (Fsp3) is 0.800. The fourth-order valence-electron chi connectivity index (χ4n) is 8.76. The van der Waals surface area contributed by atoms with E-state index in [-0.39, 0.29) is 34.5 Å². The van der Waals surface area contributed by atoms with Gasteiger partial charge < -0.3 is 9.84 Å². The van der Waals surface area contributed by atoms with Crippen LogP contribution in [0.4, 0.5) is 0 Å². The van der Waals surface area contributed by atoms with Gasteiger partial charge in [0.15, 0.2) is 0 Å². The molecule has 0 amide bonds. The Kier molecular flexibility index (Phi) is 4.43. The predicted molar refractivity (Wildman–Crippen MR) is 114 cm³/mol. The predicted octanol–water partition coefficient (Wildman–Crippen LogP) is 3.88. The van der Waals surface area contributed by atoms with Crippen LogP contribution in [0.1, 0.15) is 72.1 Å². The summed E-state index contributed by atoms with van der Waals surface area (Å²) in [6.07, 6.45) is 8.65. The number of Topliss-reactive ketones (excluding diaryl/α,β-unsaturated/α-hetero) is 1. The van der Waals surface area contributed by atoms with Gasteiger partial charge in [0.25, 0.3) is 0 Å². The number of ether oxygens (including phenoxy) is 1. The van der Waals surface area contributed by atoms with Crippen LogP contribution in [0.15, 0.2) is 17.1 Å². The van der Waals surface area contributed by atoms with Gasteiger partial charge >= 0.3 is 5.97 Å². The van der Waals surface area contributed by atoms with Gasteiger partial charge in [0.1, 0.15) is 11.9 Å². The summed E-state index contributed by atoms with van der Waals surface area (Å²) >= 11 is 0. The summed E-state index contributed by atoms with van der Waals surface area (Å²) in [5.41, 5.74) is 0.414. The second-order valence-corrected chi connectivity index (χ2v) is 11.2. The molecule has 30 heavy (non-hydrogen) atoms. The molecule has 6 rings (SSSR count). The second-order valence-electron chi connectivity index (χ2n) is 11.2. The van der Waals surface area contributed by atoms with E-state index < -0.39 is 17.6 Å². The molecule has 5 fully saturated rings. The van der Waals surface area contributed by atoms with E-state index in [0.717, 1.165) is 44.1 Å². The molecular formula is C25H35NO4. The van der Waals surface area contributed by atoms with Gasteiger partial charge in [-0.3, -0.25) is 14.6 Å². The minimum absolute atomic E-state index is 0.00897. The topological polar surface area (TPSA) is 76.0 Å². The number of hydrogen-bond donors (Lipinski definition) is 1. The first-order valence-corrected chi connectivity index (χ1v) is 11.7. The van der Waals surface area contributed by atoms with Crippen molar-refractivity contribution in [3.63, 3.8) is 0 Å². The van der Waals surface area contributed by atoms with Crippen molar-refractivity contribution in [1.29, 1.82) is 0 Å². The van der Waals surface area contributed by atoms with E-state index in [1.54, 1.807) is 6.92 Å². The third-order valence-electron chi connectivity index (χ3n) is 9.96. The summed E-state index contributed by atoms with van der Waals surface area (Å²) in [5.74, 6) is 0.803. The molecule has 5 aliphatic carbocycles. The molecule has 0 aromatic rings. The van der Waals surface area contributed by atoms with Crippen molar-refractivity contribution in [2.75, 3.05) is 0 Å². The minimum Gasteiger partial charge on any atom is -0.457 e. The van der Waals surface area contributed by atoms with E-state index in [0.29, 0.717) is 24.7 Å². The summed E-state index contributed by atoms with van der Waals surface area (Å²) < 4.78 is 5.89. The molecule has 0 radical (unpaired) electrons. The molecule has 1 aliphatic heterocycles. The number of fused-ring (bicyclic) bond motifs is 2. The van der Waals surface area contributed by atoms with E-state index in [1.165, 1.54) is 6.92 Å². The van der Waals surface area contributed by atoms with Gasteiger partial charge in [0.2, 0.25) is 0 Å². The molecule has 0 aromatic carbocycles. The SMILES string of the molecule is C=C1[C@H]2CC[C@@]3([C@H](O)C[C@H]4[C@@]5(C)CCC[C@]4(C=N[C@@H]5CC(C)=O)[C@H]3C2)[C@H]1OC(C)=O. The fourth-order valence-corrected chi connectivity index (χ4v) is 8.76. The molecule has 9 atom stereocenters. The van der Waals surface area contributed by atoms with Crippen LogP contribution in [0.25, 0.3) is 0 Å². The Bertz CT molecular complexity index is 835. The van der Waals surface area contributed by atoms with Crippen molar-refractivity contribution < 1.29 is 19.4 Å². The number of nitrogens with zero attached hydrogens (tertiary/aromatic N) is 1. The number of ketones is 1. The normalized spacial score (nSPS) is 51.1. The van der Waals surface area contributed by atoms with Crippen molar-refractivity contribution in [3.05, 3.63) is 12.2 Å². The molecule has 6 aliphatic rings. The number of carbonyl (C=O) groups excluding carboxylic acids is 2. The van der Waals surface area contributed by atoms with Crippen LogP contribution in [-0.2, 0) is 14.3 Å². The number of hydrogen-bond acceptors (Lipinski definition) is 5. The Morgan fingerprint density at radius 1 is 1.23 bits per heavy atom. The minimum atomic E-state index is -0.523. The zero-order chi connectivity index (χ0) is 21.5. The zero-order valence-corrected chi connectivity index (χ0v) is 18.5. The lowest BCUT2D eigenvalue weighted by atomic mass is 9.34. The van der Waals surface area contributed by atoms with Crippen molar-refractivity contribution in [2.24, 2.45) is 39.0 Å². The highest BCUT2D eigenvalue weighted by molar-refractivity contribution is 5.78. The van der Waals surface area contributed by atoms with Crippen molar-refractivity contribution in [2.45, 2.75) is 90.4 Å². The third-order valence-corrected chi connectivity index (χ3v) is 9.96. The van der Waals surface area contributed by atoms with Crippen molar-refractivity contribution in [1.82, 2.24) is 0 Å². The molecule has 4 bridgehead atoms. The first kappa shape index (κ1) is 20.4. The maximum Gasteiger partial charge on any atom is 0.303 e. The average molecular weight is 414 g/mol. The quantitative estimate of drug-likeness (QED) is 0.563. The van der Waals surface area contributed by atoms with Gasteiger partial charge in [-0.15, -0.1) is 0 Å². The standard InChI is InChI=1S/C25H35NO4/c1-14(27)10-20-23(4)7-5-8-24(13-26-20)18(23)12-21(29)25-9-6-17(11-19(24)25)15(2)22(25)30-16(3)28/h13,17-22,29H,2,5-12H2,1,3-4H3/t17-,18-,19+,20+,21+,22-,23+,24+,25+/m0/s1. The van der Waals surface area contributed by atoms with Gasteiger partial charge in [-0.25, -0.2) is 0 Å². The number of aliphatic imine (C=N–C) groups is 1. The lowest BCUT2D eigenvalue weighted by molar-refractivity contribution is -0.245. The van der Waals surface area contributed by atoms with Gasteiger partial charge in [0.05, 0.1) is 12.1 Å². The van der Waals surface area contributed by atoms with E-state index in [4.69, 9.17) is 9.73 Å². The summed E-state index contributed by atoms with van der Waals surface area (Å²) in [5, 5.41) is 11.7. The first-order chi connectivity index (χ1) is 14.1. The number of carbonyl (C=O) groups is 2. The lowest BCUT2D eigenvalue weighted by Gasteiger charge is -2.72. The summed E-state index contributed by atoms with van der Waals surface area (Å²) in [6.45, 7) is 9.76. The molecule has 5 heteroatoms. The monoisotopic (exact) mass is 413 g/mol. The Balaban J connectivity index is 1.63. The van der Waals surface area contributed by atoms with Gasteiger partial charge in [-0.1, -0.05) is 19.9 Å². The Morgan fingerprint density at radius 3 is 2.70 bits per heavy atom. The van der Waals surface area contributed by atoms with Crippen molar-refractivity contribution >= 4 is 18.0 Å². The van der Waals surface area contributed by atoms with Gasteiger partial charge in [-0.2, -0.15) is 0 Å². The number of esters is 1. The van der Waals surface area contributed by atoms with Crippen LogP contribution in [0.3, 0.4) is 0 Å². The summed E-state index contributed by atoms with van der Waals surface area (Å²) in [7, 11) is 0. The lowest BCUT2D eigenvalue weighted by Crippen LogP contribution is -2.72. The molecule has 5 saturated carbocycles. The Morgan fingerprint density at radius 2 is 2.00 bits per heavy atom. The van der Waals surface area contributed by atoms with Crippen LogP contribution >= 0.6 is 0 Å². The molecule has 1 N–H and O–H groups in total. The molecule has 1 spiro atoms. The Labute approximate surface area is 179 Å². The van der Waals surface area contributed by atoms with Gasteiger partial charge in [-0.05, 0) is 74.2 Å². The van der Waals surface area contributed by atoms with Crippen LogP contribution < -0.4 is 0 Å². The van der Waals surface area contributed by atoms with E-state index >= 15 is 0 Å². The molecule has 1 heterocycles. The highest BCUT2D eigenvalue weighted by Gasteiger charge is 2.73. The number of aliphatic hydroxyl groups is 1. The number of rotatable bonds is 3. The third kappa shape index (κ3) is 2.42. The molecule has 164 valence electrons. The van der Waals surface area contributed by atoms with Crippen molar-refractivity contribution in [3.8, 4) is 0 Å². The van der Waals surface area contributed by atoms with Crippen LogP contribution in [-0.4, -0.2) is 41.3 Å². The molecule has 0 saturated heterocycles. The smallest absolute Gasteiger partial charge is 0.303 e. The molecular weight excluding hydrogens is 378 g/mol. The van der Waals surface area contributed by atoms with Gasteiger partial charge in [0, 0.05) is 30.4 Å². The summed E-state index contributed by atoms with van der Waals surface area (Å²) in [4.78, 5) is 29.0. The van der Waals surface area contributed by atoms with E-state index in [1.807, 2.05) is 0 Å². The molecule has 5 nitrogen and oxygen atoms in total. The van der Waals surface area contributed by atoms with E-state index in [2.05, 4.69) is 19.7 Å². The Hall–Kier alpha value is -1.49. The zero-order valence-electron chi connectivity index (χ0n) is 18.5. The second kappa shape index (κ2) is 6.51. The maximum absolute atomic E-state index is 12.0. The molecule has 0 unspecified atom stereocenters. The summed E-state index contributed by atoms with van der Waals surface area (Å²) in [6, 6.07) is 0.00897.